The van der Waals surface area contributed by atoms with Crippen LogP contribution in [-0.2, 0) is 9.59 Å². The van der Waals surface area contributed by atoms with Crippen LogP contribution in [0.2, 0.25) is 0 Å². The predicted octanol–water partition coefficient (Wildman–Crippen LogP) is 1.69. The normalized spacial score (nSPS) is 9.56. The number of anilines is 1. The Hall–Kier alpha value is -2.17. The van der Waals surface area contributed by atoms with E-state index < -0.39 is 18.6 Å². The summed E-state index contributed by atoms with van der Waals surface area (Å²) in [5.41, 5.74) is 0.337. The first-order valence-electron chi connectivity index (χ1n) is 4.43. The Bertz CT molecular complexity index is 443. The average molecular weight is 223 g/mol. The Balaban J connectivity index is 3.05. The zero-order valence-corrected chi connectivity index (χ0v) is 8.37. The van der Waals surface area contributed by atoms with Crippen LogP contribution in [0.3, 0.4) is 0 Å². The van der Waals surface area contributed by atoms with Crippen molar-refractivity contribution in [3.05, 3.63) is 36.4 Å². The van der Waals surface area contributed by atoms with E-state index in [9.17, 15) is 14.0 Å². The Morgan fingerprint density at radius 3 is 2.56 bits per heavy atom. The summed E-state index contributed by atoms with van der Waals surface area (Å²) in [6, 6.07) is 6.18. The summed E-state index contributed by atoms with van der Waals surface area (Å²) in [5, 5.41) is 11.0. The first kappa shape index (κ1) is 11.9. The molecule has 5 heteroatoms. The Labute approximate surface area is 91.4 Å². The molecule has 84 valence electrons. The minimum atomic E-state index is -1.19. The van der Waals surface area contributed by atoms with Crippen LogP contribution in [0.5, 0.6) is 0 Å². The van der Waals surface area contributed by atoms with Crippen LogP contribution in [-0.4, -0.2) is 23.7 Å². The number of benzene rings is 1. The Kier molecular flexibility index (Phi) is 3.77. The summed E-state index contributed by atoms with van der Waals surface area (Å²) in [5.74, 6) is -2.02. The summed E-state index contributed by atoms with van der Waals surface area (Å²) in [7, 11) is 0. The van der Waals surface area contributed by atoms with Crippen molar-refractivity contribution in [1.29, 1.82) is 0 Å². The lowest BCUT2D eigenvalue weighted by atomic mass is 10.1. The smallest absolute Gasteiger partial charge is 0.335 e. The van der Waals surface area contributed by atoms with Crippen LogP contribution in [0.25, 0.3) is 5.57 Å². The number of hydrogen-bond acceptors (Lipinski definition) is 2. The molecule has 0 aliphatic heterocycles. The molecule has 0 unspecified atom stereocenters. The molecule has 0 spiro atoms. The van der Waals surface area contributed by atoms with Gasteiger partial charge in [0.2, 0.25) is 0 Å². The molecule has 0 heterocycles. The second-order valence-corrected chi connectivity index (χ2v) is 3.01. The monoisotopic (exact) mass is 223 g/mol. The zero-order valence-electron chi connectivity index (χ0n) is 8.37. The van der Waals surface area contributed by atoms with Gasteiger partial charge in [0.15, 0.2) is 6.67 Å². The standard InChI is InChI=1S/C11H10FNO3/c1-7(11(15)16)8-4-2-3-5-9(8)13-10(14)6-12/h2-5H,1,6H2,(H,13,14)(H,15,16). The van der Waals surface area contributed by atoms with Crippen LogP contribution in [0.4, 0.5) is 10.1 Å². The number of carboxylic acid groups (broad SMARTS) is 1. The van der Waals surface area contributed by atoms with Gasteiger partial charge in [-0.05, 0) is 6.07 Å². The SMILES string of the molecule is C=C(C(=O)O)c1ccccc1NC(=O)CF. The van der Waals surface area contributed by atoms with Gasteiger partial charge in [-0.1, -0.05) is 24.8 Å². The Morgan fingerprint density at radius 2 is 2.00 bits per heavy atom. The molecule has 1 amide bonds. The summed E-state index contributed by atoms with van der Waals surface area (Å²) in [6.45, 7) is 2.21. The number of carbonyl (C=O) groups is 2. The Morgan fingerprint density at radius 1 is 1.38 bits per heavy atom. The highest BCUT2D eigenvalue weighted by molar-refractivity contribution is 6.16. The molecule has 0 radical (unpaired) electrons. The number of para-hydroxylation sites is 1. The molecule has 1 aromatic carbocycles. The van der Waals surface area contributed by atoms with Crippen LogP contribution < -0.4 is 5.32 Å². The van der Waals surface area contributed by atoms with Crippen LogP contribution >= 0.6 is 0 Å². The highest BCUT2D eigenvalue weighted by Crippen LogP contribution is 2.22. The second-order valence-electron chi connectivity index (χ2n) is 3.01. The summed E-state index contributed by atoms with van der Waals surface area (Å²) < 4.78 is 12.0. The molecule has 0 saturated heterocycles. The maximum Gasteiger partial charge on any atom is 0.335 e. The largest absolute Gasteiger partial charge is 0.478 e. The summed E-state index contributed by atoms with van der Waals surface area (Å²) in [4.78, 5) is 21.6. The highest BCUT2D eigenvalue weighted by Gasteiger charge is 2.12. The number of rotatable bonds is 4. The molecule has 1 aromatic rings. The maximum atomic E-state index is 12.0. The first-order chi connectivity index (χ1) is 7.56. The van der Waals surface area contributed by atoms with E-state index in [1.165, 1.54) is 12.1 Å². The van der Waals surface area contributed by atoms with Crippen molar-refractivity contribution in [2.45, 2.75) is 0 Å². The van der Waals surface area contributed by atoms with E-state index in [1.54, 1.807) is 12.1 Å². The molecule has 4 nitrogen and oxygen atoms in total. The van der Waals surface area contributed by atoms with E-state index in [0.29, 0.717) is 0 Å². The minimum absolute atomic E-state index is 0.158. The third-order valence-electron chi connectivity index (χ3n) is 1.91. The van der Waals surface area contributed by atoms with Crippen LogP contribution in [0, 0.1) is 0 Å². The number of nitrogens with one attached hydrogen (secondary N) is 1. The molecule has 0 saturated carbocycles. The van der Waals surface area contributed by atoms with E-state index in [1.807, 2.05) is 0 Å². The van der Waals surface area contributed by atoms with Gasteiger partial charge in [-0.15, -0.1) is 0 Å². The number of halogens is 1. The maximum absolute atomic E-state index is 12.0. The molecule has 0 atom stereocenters. The van der Waals surface area contributed by atoms with Crippen molar-refractivity contribution < 1.29 is 19.1 Å². The highest BCUT2D eigenvalue weighted by atomic mass is 19.1. The van der Waals surface area contributed by atoms with Crippen molar-refractivity contribution in [2.24, 2.45) is 0 Å². The first-order valence-corrected chi connectivity index (χ1v) is 4.43. The van der Waals surface area contributed by atoms with E-state index in [2.05, 4.69) is 11.9 Å². The van der Waals surface area contributed by atoms with Crippen molar-refractivity contribution in [1.82, 2.24) is 0 Å². The van der Waals surface area contributed by atoms with E-state index in [0.717, 1.165) is 0 Å². The van der Waals surface area contributed by atoms with E-state index >= 15 is 0 Å². The van der Waals surface area contributed by atoms with E-state index in [4.69, 9.17) is 5.11 Å². The van der Waals surface area contributed by atoms with Gasteiger partial charge in [0.25, 0.3) is 5.91 Å². The van der Waals surface area contributed by atoms with Gasteiger partial charge < -0.3 is 10.4 Å². The van der Waals surface area contributed by atoms with Crippen molar-refractivity contribution >= 4 is 23.1 Å². The number of amides is 1. The van der Waals surface area contributed by atoms with Gasteiger partial charge in [0.1, 0.15) is 0 Å². The molecule has 0 aliphatic rings. The molecular formula is C11H10FNO3. The van der Waals surface area contributed by atoms with Gasteiger partial charge in [-0.25, -0.2) is 9.18 Å². The topological polar surface area (TPSA) is 66.4 Å². The van der Waals surface area contributed by atoms with Gasteiger partial charge in [-0.2, -0.15) is 0 Å². The lowest BCUT2D eigenvalue weighted by Gasteiger charge is -2.09. The lowest BCUT2D eigenvalue weighted by molar-refractivity contribution is -0.130. The number of alkyl halides is 1. The molecule has 0 aliphatic carbocycles. The third-order valence-corrected chi connectivity index (χ3v) is 1.91. The molecule has 0 fully saturated rings. The molecule has 16 heavy (non-hydrogen) atoms. The number of aliphatic carboxylic acids is 1. The summed E-state index contributed by atoms with van der Waals surface area (Å²) in [6.07, 6.45) is 0. The zero-order chi connectivity index (χ0) is 12.1. The third kappa shape index (κ3) is 2.66. The fourth-order valence-corrected chi connectivity index (χ4v) is 1.15. The van der Waals surface area contributed by atoms with Crippen LogP contribution in [0.1, 0.15) is 5.56 Å². The molecule has 1 rings (SSSR count). The molecule has 0 bridgehead atoms. The molecule has 0 aromatic heterocycles. The van der Waals surface area contributed by atoms with Crippen molar-refractivity contribution in [2.75, 3.05) is 12.0 Å². The van der Waals surface area contributed by atoms with Crippen molar-refractivity contribution in [3.8, 4) is 0 Å². The second kappa shape index (κ2) is 5.06. The molecular weight excluding hydrogens is 213 g/mol. The summed E-state index contributed by atoms with van der Waals surface area (Å²) >= 11 is 0. The predicted molar refractivity (Wildman–Crippen MR) is 57.7 cm³/mol. The number of carbonyl (C=O) groups excluding carboxylic acids is 1. The molecule has 2 N–H and O–H groups in total. The minimum Gasteiger partial charge on any atom is -0.478 e. The number of hydrogen-bond donors (Lipinski definition) is 2. The fourth-order valence-electron chi connectivity index (χ4n) is 1.15. The van der Waals surface area contributed by atoms with Gasteiger partial charge in [0.05, 0.1) is 5.57 Å². The fraction of sp³-hybridized carbons (Fsp3) is 0.0909. The van der Waals surface area contributed by atoms with Crippen LogP contribution in [0.15, 0.2) is 30.8 Å². The van der Waals surface area contributed by atoms with Crippen molar-refractivity contribution in [3.63, 3.8) is 0 Å². The average Bonchev–Trinajstić information content (AvgIpc) is 2.28. The van der Waals surface area contributed by atoms with Gasteiger partial charge >= 0.3 is 5.97 Å². The van der Waals surface area contributed by atoms with Gasteiger partial charge in [-0.3, -0.25) is 4.79 Å². The van der Waals surface area contributed by atoms with Gasteiger partial charge in [0, 0.05) is 11.3 Å². The lowest BCUT2D eigenvalue weighted by Crippen LogP contribution is -2.15. The quantitative estimate of drug-likeness (QED) is 0.763. The number of carboxylic acids is 1. The van der Waals surface area contributed by atoms with E-state index in [-0.39, 0.29) is 16.8 Å².